The third-order valence-corrected chi connectivity index (χ3v) is 3.54. The molecule has 2 unspecified atom stereocenters. The SMILES string of the molecule is COC(C)(C)CCOC1CCC(N)(C(=O)O)C1. The number of methoxy groups -OCH3 is 1. The van der Waals surface area contributed by atoms with Crippen LogP contribution < -0.4 is 5.73 Å². The molecule has 0 radical (unpaired) electrons. The number of nitrogens with two attached hydrogens (primary N) is 1. The Bertz CT molecular complexity index is 280. The Labute approximate surface area is 102 Å². The van der Waals surface area contributed by atoms with Gasteiger partial charge in [0.2, 0.25) is 0 Å². The number of ether oxygens (including phenoxy) is 2. The van der Waals surface area contributed by atoms with Crippen molar-refractivity contribution < 1.29 is 19.4 Å². The molecule has 0 aliphatic heterocycles. The first kappa shape index (κ1) is 14.4. The molecule has 0 aromatic heterocycles. The molecule has 0 heterocycles. The van der Waals surface area contributed by atoms with Crippen LogP contribution in [0.1, 0.15) is 39.5 Å². The first-order valence-electron chi connectivity index (χ1n) is 5.98. The van der Waals surface area contributed by atoms with Gasteiger partial charge in [0, 0.05) is 20.1 Å². The quantitative estimate of drug-likeness (QED) is 0.733. The summed E-state index contributed by atoms with van der Waals surface area (Å²) < 4.78 is 10.9. The van der Waals surface area contributed by atoms with Crippen LogP contribution in [0.4, 0.5) is 0 Å². The largest absolute Gasteiger partial charge is 0.480 e. The lowest BCUT2D eigenvalue weighted by molar-refractivity contribution is -0.143. The van der Waals surface area contributed by atoms with Crippen molar-refractivity contribution in [2.75, 3.05) is 13.7 Å². The highest BCUT2D eigenvalue weighted by atomic mass is 16.5. The molecular formula is C12H23NO4. The van der Waals surface area contributed by atoms with Gasteiger partial charge in [-0.25, -0.2) is 0 Å². The van der Waals surface area contributed by atoms with Crippen LogP contribution in [0.2, 0.25) is 0 Å². The van der Waals surface area contributed by atoms with Gasteiger partial charge >= 0.3 is 5.97 Å². The molecular weight excluding hydrogens is 222 g/mol. The molecule has 1 rings (SSSR count). The van der Waals surface area contributed by atoms with Crippen LogP contribution in [-0.2, 0) is 14.3 Å². The monoisotopic (exact) mass is 245 g/mol. The van der Waals surface area contributed by atoms with E-state index in [-0.39, 0.29) is 11.7 Å². The minimum Gasteiger partial charge on any atom is -0.480 e. The maximum atomic E-state index is 10.9. The van der Waals surface area contributed by atoms with E-state index in [0.717, 1.165) is 12.8 Å². The maximum Gasteiger partial charge on any atom is 0.323 e. The van der Waals surface area contributed by atoms with E-state index in [9.17, 15) is 4.79 Å². The summed E-state index contributed by atoms with van der Waals surface area (Å²) in [5.41, 5.74) is 4.47. The van der Waals surface area contributed by atoms with Crippen molar-refractivity contribution in [3.63, 3.8) is 0 Å². The standard InChI is InChI=1S/C12H23NO4/c1-11(2,16-3)6-7-17-9-4-5-12(13,8-9)10(14)15/h9H,4-8,13H2,1-3H3,(H,14,15). The summed E-state index contributed by atoms with van der Waals surface area (Å²) in [4.78, 5) is 10.9. The topological polar surface area (TPSA) is 81.8 Å². The molecule has 5 heteroatoms. The van der Waals surface area contributed by atoms with Crippen LogP contribution in [-0.4, -0.2) is 42.0 Å². The van der Waals surface area contributed by atoms with Gasteiger partial charge in [0.25, 0.3) is 0 Å². The summed E-state index contributed by atoms with van der Waals surface area (Å²) in [6.07, 6.45) is 2.35. The fraction of sp³-hybridized carbons (Fsp3) is 0.917. The second kappa shape index (κ2) is 5.33. The molecule has 2 atom stereocenters. The molecule has 1 saturated carbocycles. The Balaban J connectivity index is 2.30. The van der Waals surface area contributed by atoms with E-state index in [1.165, 1.54) is 0 Å². The molecule has 1 aliphatic carbocycles. The first-order valence-corrected chi connectivity index (χ1v) is 5.98. The molecule has 1 aliphatic rings. The van der Waals surface area contributed by atoms with Crippen LogP contribution in [0.25, 0.3) is 0 Å². The van der Waals surface area contributed by atoms with E-state index >= 15 is 0 Å². The van der Waals surface area contributed by atoms with Crippen LogP contribution in [0, 0.1) is 0 Å². The predicted molar refractivity (Wildman–Crippen MR) is 63.9 cm³/mol. The van der Waals surface area contributed by atoms with Crippen LogP contribution in [0.15, 0.2) is 0 Å². The van der Waals surface area contributed by atoms with Crippen molar-refractivity contribution in [1.29, 1.82) is 0 Å². The van der Waals surface area contributed by atoms with E-state index in [0.29, 0.717) is 19.4 Å². The van der Waals surface area contributed by atoms with E-state index in [1.807, 2.05) is 13.8 Å². The minimum atomic E-state index is -1.10. The zero-order valence-corrected chi connectivity index (χ0v) is 10.9. The fourth-order valence-electron chi connectivity index (χ4n) is 1.94. The van der Waals surface area contributed by atoms with Crippen LogP contribution >= 0.6 is 0 Å². The lowest BCUT2D eigenvalue weighted by Gasteiger charge is -2.24. The highest BCUT2D eigenvalue weighted by Crippen LogP contribution is 2.30. The molecule has 0 bridgehead atoms. The molecule has 17 heavy (non-hydrogen) atoms. The Kier molecular flexibility index (Phi) is 4.52. The predicted octanol–water partition coefficient (Wildman–Crippen LogP) is 1.15. The average molecular weight is 245 g/mol. The summed E-state index contributed by atoms with van der Waals surface area (Å²) in [6, 6.07) is 0. The lowest BCUT2D eigenvalue weighted by Crippen LogP contribution is -2.45. The third-order valence-electron chi connectivity index (χ3n) is 3.54. The molecule has 0 amide bonds. The Morgan fingerprint density at radius 2 is 2.24 bits per heavy atom. The summed E-state index contributed by atoms with van der Waals surface area (Å²) in [6.45, 7) is 4.56. The summed E-state index contributed by atoms with van der Waals surface area (Å²) in [7, 11) is 1.67. The third kappa shape index (κ3) is 3.94. The normalized spacial score (nSPS) is 29.5. The van der Waals surface area contributed by atoms with Gasteiger partial charge in [-0.3, -0.25) is 4.79 Å². The summed E-state index contributed by atoms with van der Waals surface area (Å²) in [5, 5.41) is 8.98. The van der Waals surface area contributed by atoms with Crippen molar-refractivity contribution in [2.24, 2.45) is 5.73 Å². The molecule has 0 spiro atoms. The van der Waals surface area contributed by atoms with Crippen molar-refractivity contribution in [2.45, 2.75) is 56.8 Å². The van der Waals surface area contributed by atoms with Crippen molar-refractivity contribution in [3.8, 4) is 0 Å². The number of carboxylic acids is 1. The Morgan fingerprint density at radius 3 is 2.71 bits per heavy atom. The minimum absolute atomic E-state index is 0.0382. The highest BCUT2D eigenvalue weighted by Gasteiger charge is 2.42. The Hall–Kier alpha value is -0.650. The smallest absolute Gasteiger partial charge is 0.323 e. The zero-order valence-electron chi connectivity index (χ0n) is 10.9. The van der Waals surface area contributed by atoms with Gasteiger partial charge in [0.15, 0.2) is 0 Å². The van der Waals surface area contributed by atoms with Crippen molar-refractivity contribution in [1.82, 2.24) is 0 Å². The molecule has 100 valence electrons. The van der Waals surface area contributed by atoms with Gasteiger partial charge in [-0.2, -0.15) is 0 Å². The number of hydrogen-bond donors (Lipinski definition) is 2. The van der Waals surface area contributed by atoms with E-state index in [2.05, 4.69) is 0 Å². The number of hydrogen-bond acceptors (Lipinski definition) is 4. The maximum absolute atomic E-state index is 10.9. The number of aliphatic carboxylic acids is 1. The molecule has 1 fully saturated rings. The molecule has 0 aromatic rings. The second-order valence-corrected chi connectivity index (χ2v) is 5.41. The molecule has 5 nitrogen and oxygen atoms in total. The van der Waals surface area contributed by atoms with E-state index < -0.39 is 11.5 Å². The summed E-state index contributed by atoms with van der Waals surface area (Å²) in [5.74, 6) is -0.930. The van der Waals surface area contributed by atoms with Crippen molar-refractivity contribution >= 4 is 5.97 Å². The lowest BCUT2D eigenvalue weighted by atomic mass is 10.00. The number of carboxylic acid groups (broad SMARTS) is 1. The average Bonchev–Trinajstić information content (AvgIpc) is 2.62. The molecule has 3 N–H and O–H groups in total. The van der Waals surface area contributed by atoms with Gasteiger partial charge in [-0.15, -0.1) is 0 Å². The van der Waals surface area contributed by atoms with Gasteiger partial charge in [0.05, 0.1) is 11.7 Å². The van der Waals surface area contributed by atoms with Gasteiger partial charge in [0.1, 0.15) is 5.54 Å². The zero-order chi connectivity index (χ0) is 13.1. The van der Waals surface area contributed by atoms with Gasteiger partial charge < -0.3 is 20.3 Å². The van der Waals surface area contributed by atoms with Gasteiger partial charge in [-0.05, 0) is 33.1 Å². The molecule has 0 aromatic carbocycles. The number of rotatable bonds is 6. The van der Waals surface area contributed by atoms with Crippen molar-refractivity contribution in [3.05, 3.63) is 0 Å². The first-order chi connectivity index (χ1) is 7.79. The number of carbonyl (C=O) groups is 1. The van der Waals surface area contributed by atoms with E-state index in [4.69, 9.17) is 20.3 Å². The fourth-order valence-corrected chi connectivity index (χ4v) is 1.94. The Morgan fingerprint density at radius 1 is 1.59 bits per heavy atom. The van der Waals surface area contributed by atoms with Crippen LogP contribution in [0.5, 0.6) is 0 Å². The van der Waals surface area contributed by atoms with E-state index in [1.54, 1.807) is 7.11 Å². The summed E-state index contributed by atoms with van der Waals surface area (Å²) >= 11 is 0. The van der Waals surface area contributed by atoms with Gasteiger partial charge in [-0.1, -0.05) is 0 Å². The molecule has 0 saturated heterocycles. The second-order valence-electron chi connectivity index (χ2n) is 5.41. The highest BCUT2D eigenvalue weighted by molar-refractivity contribution is 5.78. The van der Waals surface area contributed by atoms with Crippen LogP contribution in [0.3, 0.4) is 0 Å².